The summed E-state index contributed by atoms with van der Waals surface area (Å²) < 4.78 is 4.05. The van der Waals surface area contributed by atoms with Crippen LogP contribution in [-0.4, -0.2) is 8.97 Å². The van der Waals surface area contributed by atoms with E-state index < -0.39 is 0 Å². The normalized spacial score (nSPS) is 10.2. The van der Waals surface area contributed by atoms with E-state index in [4.69, 9.17) is 0 Å². The van der Waals surface area contributed by atoms with Crippen molar-refractivity contribution in [2.45, 2.75) is 0 Å². The number of hydrogen-bond donors (Lipinski definition) is 0. The van der Waals surface area contributed by atoms with E-state index in [0.717, 1.165) is 5.70 Å². The number of nitrogens with zero attached hydrogens (tertiary/aromatic N) is 1. The molecule has 1 aromatic heterocycles. The maximum atomic E-state index is 3.90. The molecule has 0 amide bonds. The van der Waals surface area contributed by atoms with Crippen molar-refractivity contribution in [2.75, 3.05) is 0 Å². The first-order chi connectivity index (χ1) is 5.34. The van der Waals surface area contributed by atoms with E-state index in [1.54, 1.807) is 0 Å². The van der Waals surface area contributed by atoms with Gasteiger partial charge in [-0.05, 0) is 0 Å². The van der Waals surface area contributed by atoms with Crippen molar-refractivity contribution in [1.82, 2.24) is 4.57 Å². The summed E-state index contributed by atoms with van der Waals surface area (Å²) in [5, 5.41) is 0. The summed E-state index contributed by atoms with van der Waals surface area (Å²) >= 11 is 1.46. The van der Waals surface area contributed by atoms with Gasteiger partial charge in [0.1, 0.15) is 0 Å². The van der Waals surface area contributed by atoms with Crippen LogP contribution < -0.4 is 0 Å². The molecule has 1 nitrogen and oxygen atoms in total. The van der Waals surface area contributed by atoms with E-state index in [1.165, 1.54) is 19.4 Å². The summed E-state index contributed by atoms with van der Waals surface area (Å²) in [5.74, 6) is 0. The zero-order chi connectivity index (χ0) is 8.10. The van der Waals surface area contributed by atoms with Gasteiger partial charge in [-0.25, -0.2) is 0 Å². The average molecular weight is 315 g/mol. The van der Waals surface area contributed by atoms with E-state index in [-0.39, 0.29) is 0 Å². The van der Waals surface area contributed by atoms with Gasteiger partial charge in [0.05, 0.1) is 0 Å². The molecule has 0 spiro atoms. The Morgan fingerprint density at radius 1 is 1.36 bits per heavy atom. The van der Waals surface area contributed by atoms with Crippen molar-refractivity contribution in [2.24, 2.45) is 0 Å². The third-order valence-corrected chi connectivity index (χ3v) is 1.87. The van der Waals surface area contributed by atoms with Crippen LogP contribution in [0.15, 0.2) is 43.3 Å². The van der Waals surface area contributed by atoms with Gasteiger partial charge < -0.3 is 0 Å². The molecule has 11 heavy (non-hydrogen) atoms. The second-order valence-corrected chi connectivity index (χ2v) is 3.05. The maximum absolute atomic E-state index is 3.90. The first-order valence-electron chi connectivity index (χ1n) is 3.28. The summed E-state index contributed by atoms with van der Waals surface area (Å²) in [4.78, 5) is 0. The van der Waals surface area contributed by atoms with Gasteiger partial charge in [0, 0.05) is 0 Å². The van der Waals surface area contributed by atoms with Gasteiger partial charge in [-0.2, -0.15) is 0 Å². The van der Waals surface area contributed by atoms with Crippen LogP contribution in [-0.2, 0) is 19.4 Å². The van der Waals surface area contributed by atoms with E-state index in [2.05, 4.69) is 11.0 Å². The van der Waals surface area contributed by atoms with Crippen molar-refractivity contribution < 1.29 is 19.4 Å². The Bertz CT molecular complexity index is 270. The first-order valence-corrected chi connectivity index (χ1v) is 4.98. The molecule has 0 saturated carbocycles. The van der Waals surface area contributed by atoms with Crippen LogP contribution in [0.3, 0.4) is 0 Å². The zero-order valence-electron chi connectivity index (χ0n) is 6.10. The Hall–Kier alpha value is -0.682. The Balaban J connectivity index is 2.71. The van der Waals surface area contributed by atoms with Crippen molar-refractivity contribution in [3.63, 3.8) is 0 Å². The van der Waals surface area contributed by atoms with Gasteiger partial charge in [-0.3, -0.25) is 0 Å². The van der Waals surface area contributed by atoms with Crippen LogP contribution in [0.1, 0.15) is 0 Å². The van der Waals surface area contributed by atoms with Crippen molar-refractivity contribution >= 4 is 10.1 Å². The van der Waals surface area contributed by atoms with Crippen molar-refractivity contribution in [1.29, 1.82) is 0 Å². The summed E-state index contributed by atoms with van der Waals surface area (Å²) in [7, 11) is 0. The van der Waals surface area contributed by atoms with Gasteiger partial charge in [0.15, 0.2) is 0 Å². The van der Waals surface area contributed by atoms with Crippen LogP contribution >= 0.6 is 0 Å². The van der Waals surface area contributed by atoms with E-state index in [1.807, 2.05) is 41.2 Å². The molecular weight excluding hydrogens is 306 g/mol. The summed E-state index contributed by atoms with van der Waals surface area (Å²) in [6.45, 7) is 3.90. The molecule has 0 aromatic carbocycles. The molecule has 0 aliphatic heterocycles. The minimum atomic E-state index is 0.993. The Kier molecular flexibility index (Phi) is 3.25. The second-order valence-electron chi connectivity index (χ2n) is 2.08. The molecule has 56 valence electrons. The van der Waals surface area contributed by atoms with Crippen LogP contribution in [0, 0.1) is 0 Å². The fourth-order valence-corrected chi connectivity index (χ4v) is 1.04. The quantitative estimate of drug-likeness (QED) is 0.751. The molecule has 0 bridgehead atoms. The second kappa shape index (κ2) is 4.25. The van der Waals surface area contributed by atoms with Gasteiger partial charge in [0.2, 0.25) is 0 Å². The SMILES string of the molecule is C=C(/C=C\[CH]=[W])n1cccc1. The van der Waals surface area contributed by atoms with Gasteiger partial charge in [0.25, 0.3) is 0 Å². The third-order valence-electron chi connectivity index (χ3n) is 1.30. The standard InChI is InChI=1S/C9H9N.W/c1-3-6-9(2)10-7-4-5-8-10;/h1,3-8H,2H2;/b6-3-;. The monoisotopic (exact) mass is 315 g/mol. The molecule has 0 radical (unpaired) electrons. The zero-order valence-corrected chi connectivity index (χ0v) is 9.04. The van der Waals surface area contributed by atoms with Crippen molar-refractivity contribution in [3.05, 3.63) is 43.3 Å². The summed E-state index contributed by atoms with van der Waals surface area (Å²) in [6, 6.07) is 3.97. The predicted molar refractivity (Wildman–Crippen MR) is 45.0 cm³/mol. The van der Waals surface area contributed by atoms with E-state index in [9.17, 15) is 0 Å². The van der Waals surface area contributed by atoms with Crippen LogP contribution in [0.2, 0.25) is 0 Å². The van der Waals surface area contributed by atoms with Crippen molar-refractivity contribution in [3.8, 4) is 0 Å². The molecular formula is C9H9NW. The van der Waals surface area contributed by atoms with E-state index in [0.29, 0.717) is 0 Å². The van der Waals surface area contributed by atoms with E-state index >= 15 is 0 Å². The van der Waals surface area contributed by atoms with Crippen LogP contribution in [0.25, 0.3) is 5.70 Å². The molecule has 0 aliphatic rings. The van der Waals surface area contributed by atoms with Gasteiger partial charge >= 0.3 is 77.3 Å². The molecule has 1 aromatic rings. The fraction of sp³-hybridized carbons (Fsp3) is 0. The molecule has 0 fully saturated rings. The fourth-order valence-electron chi connectivity index (χ4n) is 0.762. The third kappa shape index (κ3) is 2.43. The Morgan fingerprint density at radius 2 is 2.00 bits per heavy atom. The molecule has 0 atom stereocenters. The first kappa shape index (κ1) is 8.42. The topological polar surface area (TPSA) is 4.93 Å². The summed E-state index contributed by atoms with van der Waals surface area (Å²) in [5.41, 5.74) is 0.993. The predicted octanol–water partition coefficient (Wildman–Crippen LogP) is 1.86. The van der Waals surface area contributed by atoms with Crippen LogP contribution in [0.4, 0.5) is 0 Å². The van der Waals surface area contributed by atoms with Crippen LogP contribution in [0.5, 0.6) is 0 Å². The number of hydrogen-bond acceptors (Lipinski definition) is 0. The number of aromatic nitrogens is 1. The minimum absolute atomic E-state index is 0.993. The molecule has 0 N–H and O–H groups in total. The van der Waals surface area contributed by atoms with Gasteiger partial charge in [-0.15, -0.1) is 0 Å². The average Bonchev–Trinajstić information content (AvgIpc) is 2.52. The molecule has 2 heteroatoms. The molecule has 0 unspecified atom stereocenters. The summed E-state index contributed by atoms with van der Waals surface area (Å²) in [6.07, 6.45) is 7.97. The molecule has 0 aliphatic carbocycles. The van der Waals surface area contributed by atoms with Gasteiger partial charge in [-0.1, -0.05) is 0 Å². The Morgan fingerprint density at radius 3 is 2.55 bits per heavy atom. The molecule has 1 heterocycles. The molecule has 1 rings (SSSR count). The number of rotatable bonds is 3. The Labute approximate surface area is 77.4 Å². The molecule has 0 saturated heterocycles. The number of allylic oxidation sites excluding steroid dienone is 3.